The van der Waals surface area contributed by atoms with Gasteiger partial charge in [-0.05, 0) is 31.0 Å². The first-order valence-corrected chi connectivity index (χ1v) is 8.79. The summed E-state index contributed by atoms with van der Waals surface area (Å²) in [6, 6.07) is 12.7. The van der Waals surface area contributed by atoms with Gasteiger partial charge in [0, 0.05) is 37.0 Å². The van der Waals surface area contributed by atoms with Crippen LogP contribution in [0.3, 0.4) is 0 Å². The molecular formula is C19H21FN4O3. The van der Waals surface area contributed by atoms with Gasteiger partial charge >= 0.3 is 0 Å². The number of halogens is 1. The van der Waals surface area contributed by atoms with Crippen LogP contribution in [0.4, 0.5) is 21.5 Å². The van der Waals surface area contributed by atoms with Gasteiger partial charge in [-0.3, -0.25) is 19.8 Å². The molecule has 1 heterocycles. The molecule has 2 aromatic rings. The van der Waals surface area contributed by atoms with Gasteiger partial charge < -0.3 is 10.6 Å². The van der Waals surface area contributed by atoms with Crippen molar-refractivity contribution in [3.05, 3.63) is 64.5 Å². The third kappa shape index (κ3) is 5.24. The molecule has 27 heavy (non-hydrogen) atoms. The first-order chi connectivity index (χ1) is 13.0. The molecule has 0 saturated carbocycles. The molecule has 142 valence electrons. The molecule has 0 bridgehead atoms. The number of hydrogen-bond donors (Lipinski definition) is 2. The Morgan fingerprint density at radius 2 is 1.89 bits per heavy atom. The van der Waals surface area contributed by atoms with E-state index >= 15 is 0 Å². The lowest BCUT2D eigenvalue weighted by molar-refractivity contribution is -0.384. The fourth-order valence-electron chi connectivity index (χ4n) is 3.16. The highest BCUT2D eigenvalue weighted by molar-refractivity contribution is 5.92. The number of carbonyl (C=O) groups is 1. The maximum atomic E-state index is 13.4. The van der Waals surface area contributed by atoms with Crippen molar-refractivity contribution >= 4 is 23.0 Å². The molecule has 1 aliphatic heterocycles. The summed E-state index contributed by atoms with van der Waals surface area (Å²) >= 11 is 0. The van der Waals surface area contributed by atoms with Crippen molar-refractivity contribution in [3.8, 4) is 0 Å². The molecule has 2 aromatic carbocycles. The summed E-state index contributed by atoms with van der Waals surface area (Å²) in [6.07, 6.45) is 1.43. The number of benzene rings is 2. The second-order valence-corrected chi connectivity index (χ2v) is 6.53. The second-order valence-electron chi connectivity index (χ2n) is 6.53. The zero-order valence-electron chi connectivity index (χ0n) is 14.7. The molecule has 7 nitrogen and oxygen atoms in total. The number of para-hydroxylation sites is 1. The zero-order valence-corrected chi connectivity index (χ0v) is 14.7. The monoisotopic (exact) mass is 372 g/mol. The minimum Gasteiger partial charge on any atom is -0.377 e. The minimum atomic E-state index is -0.523. The van der Waals surface area contributed by atoms with E-state index in [1.165, 1.54) is 6.07 Å². The van der Waals surface area contributed by atoms with Crippen LogP contribution in [0, 0.1) is 15.9 Å². The number of carbonyl (C=O) groups excluding carboxylic acids is 1. The number of rotatable bonds is 6. The number of nitrogens with one attached hydrogen (secondary N) is 2. The van der Waals surface area contributed by atoms with Gasteiger partial charge in [-0.2, -0.15) is 0 Å². The van der Waals surface area contributed by atoms with E-state index in [0.29, 0.717) is 32.5 Å². The highest BCUT2D eigenvalue weighted by Gasteiger charge is 2.23. The molecule has 0 spiro atoms. The Morgan fingerprint density at radius 3 is 2.56 bits per heavy atom. The van der Waals surface area contributed by atoms with Crippen molar-refractivity contribution < 1.29 is 14.1 Å². The molecule has 1 aliphatic rings. The fraction of sp³-hybridized carbons (Fsp3) is 0.316. The first kappa shape index (κ1) is 18.8. The molecule has 0 unspecified atom stereocenters. The van der Waals surface area contributed by atoms with E-state index in [-0.39, 0.29) is 23.3 Å². The van der Waals surface area contributed by atoms with Crippen LogP contribution in [-0.4, -0.2) is 41.4 Å². The Kier molecular flexibility index (Phi) is 5.97. The van der Waals surface area contributed by atoms with E-state index in [9.17, 15) is 19.3 Å². The van der Waals surface area contributed by atoms with Crippen LogP contribution in [0.25, 0.3) is 0 Å². The van der Waals surface area contributed by atoms with Gasteiger partial charge in [0.15, 0.2) is 0 Å². The number of nitro groups is 1. The summed E-state index contributed by atoms with van der Waals surface area (Å²) in [7, 11) is 0. The molecule has 0 atom stereocenters. The number of amides is 1. The zero-order chi connectivity index (χ0) is 19.2. The fourth-order valence-corrected chi connectivity index (χ4v) is 3.16. The molecule has 1 saturated heterocycles. The molecule has 1 amide bonds. The Hall–Kier alpha value is -3.00. The Bertz CT molecular complexity index is 808. The summed E-state index contributed by atoms with van der Waals surface area (Å²) in [5.41, 5.74) is 0.818. The van der Waals surface area contributed by atoms with E-state index in [2.05, 4.69) is 10.6 Å². The van der Waals surface area contributed by atoms with Crippen LogP contribution in [0.1, 0.15) is 12.8 Å². The summed E-state index contributed by atoms with van der Waals surface area (Å²) in [4.78, 5) is 24.7. The largest absolute Gasteiger partial charge is 0.377 e. The van der Waals surface area contributed by atoms with E-state index in [4.69, 9.17) is 0 Å². The summed E-state index contributed by atoms with van der Waals surface area (Å²) < 4.78 is 13.4. The van der Waals surface area contributed by atoms with Crippen molar-refractivity contribution in [1.29, 1.82) is 0 Å². The van der Waals surface area contributed by atoms with Gasteiger partial charge in [-0.1, -0.05) is 18.2 Å². The molecular weight excluding hydrogens is 351 g/mol. The van der Waals surface area contributed by atoms with E-state index in [1.807, 2.05) is 35.2 Å². The number of nitrogens with zero attached hydrogens (tertiary/aromatic N) is 2. The van der Waals surface area contributed by atoms with E-state index in [1.54, 1.807) is 0 Å². The van der Waals surface area contributed by atoms with Crippen LogP contribution in [0.5, 0.6) is 0 Å². The van der Waals surface area contributed by atoms with Crippen molar-refractivity contribution in [1.82, 2.24) is 4.90 Å². The predicted octanol–water partition coefficient (Wildman–Crippen LogP) is 3.25. The number of likely N-dealkylation sites (tertiary alicyclic amines) is 1. The normalized spacial score (nSPS) is 15.3. The summed E-state index contributed by atoms with van der Waals surface area (Å²) in [6.45, 7) is 1.66. The van der Waals surface area contributed by atoms with Gasteiger partial charge in [-0.15, -0.1) is 0 Å². The lowest BCUT2D eigenvalue weighted by Crippen LogP contribution is -2.42. The topological polar surface area (TPSA) is 87.5 Å². The maximum Gasteiger partial charge on any atom is 0.292 e. The predicted molar refractivity (Wildman–Crippen MR) is 101 cm³/mol. The van der Waals surface area contributed by atoms with Crippen molar-refractivity contribution in [2.24, 2.45) is 0 Å². The smallest absolute Gasteiger partial charge is 0.292 e. The number of piperidine rings is 1. The van der Waals surface area contributed by atoms with Gasteiger partial charge in [0.2, 0.25) is 5.91 Å². The second kappa shape index (κ2) is 8.59. The Morgan fingerprint density at radius 1 is 1.19 bits per heavy atom. The number of hydrogen-bond acceptors (Lipinski definition) is 5. The van der Waals surface area contributed by atoms with Gasteiger partial charge in [0.05, 0.1) is 11.5 Å². The summed E-state index contributed by atoms with van der Waals surface area (Å²) in [5, 5.41) is 17.0. The van der Waals surface area contributed by atoms with Crippen molar-refractivity contribution in [2.45, 2.75) is 18.9 Å². The summed E-state index contributed by atoms with van der Waals surface area (Å²) in [5.74, 6) is -0.591. The highest BCUT2D eigenvalue weighted by atomic mass is 19.1. The van der Waals surface area contributed by atoms with Crippen LogP contribution in [0.15, 0.2) is 48.5 Å². The Labute approximate surface area is 156 Å². The first-order valence-electron chi connectivity index (χ1n) is 8.79. The van der Waals surface area contributed by atoms with E-state index < -0.39 is 10.7 Å². The van der Waals surface area contributed by atoms with Gasteiger partial charge in [0.1, 0.15) is 11.5 Å². The van der Waals surface area contributed by atoms with E-state index in [0.717, 1.165) is 17.8 Å². The third-order valence-electron chi connectivity index (χ3n) is 4.53. The molecule has 8 heteroatoms. The van der Waals surface area contributed by atoms with Crippen LogP contribution in [0.2, 0.25) is 0 Å². The molecule has 0 aromatic heterocycles. The molecule has 2 N–H and O–H groups in total. The number of anilines is 2. The highest BCUT2D eigenvalue weighted by Crippen LogP contribution is 2.27. The van der Waals surface area contributed by atoms with Crippen molar-refractivity contribution in [3.63, 3.8) is 0 Å². The van der Waals surface area contributed by atoms with Crippen LogP contribution >= 0.6 is 0 Å². The molecule has 3 rings (SSSR count). The molecule has 1 fully saturated rings. The molecule has 0 radical (unpaired) electrons. The van der Waals surface area contributed by atoms with Gasteiger partial charge in [-0.25, -0.2) is 4.39 Å². The standard InChI is InChI=1S/C19H21FN4O3/c20-14-6-7-18(24(26)27)17(12-14)21-16-8-10-23(11-9-16)13-19(25)22-15-4-2-1-3-5-15/h1-7,12,16,21H,8-11,13H2,(H,22,25). The lowest BCUT2D eigenvalue weighted by atomic mass is 10.0. The van der Waals surface area contributed by atoms with Crippen molar-refractivity contribution in [2.75, 3.05) is 30.3 Å². The maximum absolute atomic E-state index is 13.4. The quantitative estimate of drug-likeness (QED) is 0.600. The SMILES string of the molecule is O=C(CN1CCC(Nc2cc(F)ccc2[N+](=O)[O-])CC1)Nc1ccccc1. The van der Waals surface area contributed by atoms with Gasteiger partial charge in [0.25, 0.3) is 5.69 Å². The average Bonchev–Trinajstić information content (AvgIpc) is 2.64. The number of nitro benzene ring substituents is 1. The van der Waals surface area contributed by atoms with Crippen LogP contribution in [-0.2, 0) is 4.79 Å². The third-order valence-corrected chi connectivity index (χ3v) is 4.53. The lowest BCUT2D eigenvalue weighted by Gasteiger charge is -2.32. The Balaban J connectivity index is 1.50. The average molecular weight is 372 g/mol. The van der Waals surface area contributed by atoms with Crippen LogP contribution < -0.4 is 10.6 Å². The minimum absolute atomic E-state index is 0.000987. The molecule has 0 aliphatic carbocycles.